The van der Waals surface area contributed by atoms with Gasteiger partial charge in [0.15, 0.2) is 0 Å². The van der Waals surface area contributed by atoms with Crippen molar-refractivity contribution in [2.45, 2.75) is 13.3 Å². The summed E-state index contributed by atoms with van der Waals surface area (Å²) in [7, 11) is 0. The van der Waals surface area contributed by atoms with Gasteiger partial charge >= 0.3 is 6.01 Å². The molecule has 2 aromatic rings. The number of benzene rings is 1. The van der Waals surface area contributed by atoms with Crippen molar-refractivity contribution in [3.05, 3.63) is 27.7 Å². The highest BCUT2D eigenvalue weighted by Crippen LogP contribution is 2.31. The molecule has 0 unspecified atom stereocenters. The van der Waals surface area contributed by atoms with Gasteiger partial charge in [-0.15, -0.1) is 0 Å². The van der Waals surface area contributed by atoms with Crippen LogP contribution in [0.4, 0.5) is 17.6 Å². The number of nitrogen functional groups attached to an aromatic ring is 1. The third-order valence-electron chi connectivity index (χ3n) is 2.38. The molecule has 0 radical (unpaired) electrons. The molecule has 0 saturated heterocycles. The van der Waals surface area contributed by atoms with Gasteiger partial charge in [0, 0.05) is 0 Å². The summed E-state index contributed by atoms with van der Waals surface area (Å²) < 4.78 is 6.11. The smallest absolute Gasteiger partial charge is 0.323 e. The molecule has 7 nitrogen and oxygen atoms in total. The van der Waals surface area contributed by atoms with Crippen LogP contribution in [0.1, 0.15) is 13.3 Å². The summed E-state index contributed by atoms with van der Waals surface area (Å²) in [6.45, 7) is 2.50. The Hall–Kier alpha value is -1.64. The van der Waals surface area contributed by atoms with E-state index >= 15 is 0 Å². The molecule has 0 amide bonds. The SMILES string of the molecule is CCCOc1nc(NN)nc(Nc2cccc(Cl)c2Br)n1. The first-order valence-corrected chi connectivity index (χ1v) is 7.37. The highest BCUT2D eigenvalue weighted by Gasteiger charge is 2.10. The Balaban J connectivity index is 2.28. The lowest BCUT2D eigenvalue weighted by atomic mass is 10.3. The first-order valence-electron chi connectivity index (χ1n) is 6.20. The number of ether oxygens (including phenoxy) is 1. The quantitative estimate of drug-likeness (QED) is 0.528. The van der Waals surface area contributed by atoms with Crippen LogP contribution in [0, 0.1) is 0 Å². The molecule has 21 heavy (non-hydrogen) atoms. The Bertz CT molecular complexity index is 627. The van der Waals surface area contributed by atoms with Crippen LogP contribution in [0.15, 0.2) is 22.7 Å². The van der Waals surface area contributed by atoms with E-state index in [1.165, 1.54) is 0 Å². The summed E-state index contributed by atoms with van der Waals surface area (Å²) in [6.07, 6.45) is 0.847. The fourth-order valence-electron chi connectivity index (χ4n) is 1.46. The molecule has 0 spiro atoms. The van der Waals surface area contributed by atoms with Gasteiger partial charge < -0.3 is 10.1 Å². The lowest BCUT2D eigenvalue weighted by molar-refractivity contribution is 0.292. The first-order chi connectivity index (χ1) is 10.1. The number of hydrazine groups is 1. The summed E-state index contributed by atoms with van der Waals surface area (Å²) >= 11 is 9.44. The maximum absolute atomic E-state index is 6.04. The predicted molar refractivity (Wildman–Crippen MR) is 85.9 cm³/mol. The molecule has 1 aromatic carbocycles. The normalized spacial score (nSPS) is 10.3. The number of hydrogen-bond donors (Lipinski definition) is 3. The van der Waals surface area contributed by atoms with Crippen LogP contribution in [-0.4, -0.2) is 21.6 Å². The fraction of sp³-hybridized carbons (Fsp3) is 0.250. The van der Waals surface area contributed by atoms with E-state index in [9.17, 15) is 0 Å². The Morgan fingerprint density at radius 3 is 2.76 bits per heavy atom. The van der Waals surface area contributed by atoms with Gasteiger partial charge in [0.2, 0.25) is 11.9 Å². The summed E-state index contributed by atoms with van der Waals surface area (Å²) in [5.74, 6) is 5.85. The van der Waals surface area contributed by atoms with Crippen molar-refractivity contribution in [1.82, 2.24) is 15.0 Å². The van der Waals surface area contributed by atoms with E-state index in [4.69, 9.17) is 22.2 Å². The second-order valence-corrected chi connectivity index (χ2v) is 5.18. The van der Waals surface area contributed by atoms with E-state index < -0.39 is 0 Å². The summed E-state index contributed by atoms with van der Waals surface area (Å²) in [6, 6.07) is 5.61. The van der Waals surface area contributed by atoms with Crippen LogP contribution >= 0.6 is 27.5 Å². The van der Waals surface area contributed by atoms with E-state index in [1.54, 1.807) is 6.07 Å². The molecule has 4 N–H and O–H groups in total. The number of aromatic nitrogens is 3. The summed E-state index contributed by atoms with van der Waals surface area (Å²) in [4.78, 5) is 12.3. The van der Waals surface area contributed by atoms with Crippen molar-refractivity contribution in [2.75, 3.05) is 17.3 Å². The summed E-state index contributed by atoms with van der Waals surface area (Å²) in [5, 5.41) is 3.61. The van der Waals surface area contributed by atoms with E-state index in [2.05, 4.69) is 41.6 Å². The van der Waals surface area contributed by atoms with E-state index in [1.807, 2.05) is 19.1 Å². The van der Waals surface area contributed by atoms with Gasteiger partial charge in [0.1, 0.15) is 0 Å². The van der Waals surface area contributed by atoms with Gasteiger partial charge in [0.25, 0.3) is 0 Å². The maximum atomic E-state index is 6.04. The molecule has 0 bridgehead atoms. The number of rotatable bonds is 6. The number of hydrogen-bond acceptors (Lipinski definition) is 7. The Morgan fingerprint density at radius 2 is 2.05 bits per heavy atom. The number of nitrogens with zero attached hydrogens (tertiary/aromatic N) is 3. The second-order valence-electron chi connectivity index (χ2n) is 3.98. The molecular weight excluding hydrogens is 360 g/mol. The Labute approximate surface area is 135 Å². The number of nitrogens with one attached hydrogen (secondary N) is 2. The van der Waals surface area contributed by atoms with Crippen molar-refractivity contribution in [1.29, 1.82) is 0 Å². The van der Waals surface area contributed by atoms with E-state index in [0.29, 0.717) is 22.1 Å². The fourth-order valence-corrected chi connectivity index (χ4v) is 1.99. The van der Waals surface area contributed by atoms with Crippen LogP contribution in [0.3, 0.4) is 0 Å². The molecule has 9 heteroatoms. The number of halogens is 2. The third kappa shape index (κ3) is 4.16. The van der Waals surface area contributed by atoms with Crippen molar-refractivity contribution in [3.63, 3.8) is 0 Å². The van der Waals surface area contributed by atoms with Crippen LogP contribution in [0.5, 0.6) is 6.01 Å². The molecule has 1 heterocycles. The number of anilines is 3. The molecule has 0 aliphatic heterocycles. The zero-order valence-electron chi connectivity index (χ0n) is 11.2. The predicted octanol–water partition coefficient (Wildman–Crippen LogP) is 3.11. The van der Waals surface area contributed by atoms with E-state index in [-0.39, 0.29) is 12.0 Å². The molecule has 0 aliphatic carbocycles. The second kappa shape index (κ2) is 7.39. The van der Waals surface area contributed by atoms with Crippen LogP contribution in [0.2, 0.25) is 5.02 Å². The standard InChI is InChI=1S/C12H14BrClN6O/c1-2-6-21-12-18-10(17-11(19-12)20-15)16-8-5-3-4-7(14)9(8)13/h3-5H,2,6,15H2,1H3,(H2,16,17,18,19,20). The molecule has 0 fully saturated rings. The number of nitrogens with two attached hydrogens (primary N) is 1. The molecule has 0 saturated carbocycles. The van der Waals surface area contributed by atoms with E-state index in [0.717, 1.165) is 12.1 Å². The molecule has 1 aromatic heterocycles. The minimum absolute atomic E-state index is 0.195. The van der Waals surface area contributed by atoms with Crippen molar-refractivity contribution < 1.29 is 4.74 Å². The van der Waals surface area contributed by atoms with Crippen LogP contribution in [-0.2, 0) is 0 Å². The van der Waals surface area contributed by atoms with Gasteiger partial charge in [-0.1, -0.05) is 24.6 Å². The molecule has 0 atom stereocenters. The van der Waals surface area contributed by atoms with Gasteiger partial charge in [-0.05, 0) is 34.5 Å². The van der Waals surface area contributed by atoms with Crippen molar-refractivity contribution >= 4 is 45.1 Å². The highest BCUT2D eigenvalue weighted by atomic mass is 79.9. The summed E-state index contributed by atoms with van der Waals surface area (Å²) in [5.41, 5.74) is 3.10. The lowest BCUT2D eigenvalue weighted by Gasteiger charge is -2.10. The van der Waals surface area contributed by atoms with Gasteiger partial charge in [-0.25, -0.2) is 5.84 Å². The minimum atomic E-state index is 0.195. The topological polar surface area (TPSA) is 98.0 Å². The van der Waals surface area contributed by atoms with Gasteiger partial charge in [0.05, 0.1) is 21.8 Å². The largest absolute Gasteiger partial charge is 0.463 e. The molecular formula is C12H14BrClN6O. The third-order valence-corrected chi connectivity index (χ3v) is 3.77. The van der Waals surface area contributed by atoms with Crippen molar-refractivity contribution in [3.8, 4) is 6.01 Å². The van der Waals surface area contributed by atoms with Crippen LogP contribution < -0.4 is 21.3 Å². The average molecular weight is 374 g/mol. The van der Waals surface area contributed by atoms with Gasteiger partial charge in [-0.2, -0.15) is 15.0 Å². The minimum Gasteiger partial charge on any atom is -0.463 e. The zero-order chi connectivity index (χ0) is 15.2. The molecule has 112 valence electrons. The molecule has 0 aliphatic rings. The Morgan fingerprint density at radius 1 is 1.29 bits per heavy atom. The lowest BCUT2D eigenvalue weighted by Crippen LogP contribution is -2.14. The van der Waals surface area contributed by atoms with Crippen molar-refractivity contribution in [2.24, 2.45) is 5.84 Å². The van der Waals surface area contributed by atoms with Gasteiger partial charge in [-0.3, -0.25) is 5.43 Å². The Kier molecular flexibility index (Phi) is 5.54. The first kappa shape index (κ1) is 15.7. The zero-order valence-corrected chi connectivity index (χ0v) is 13.6. The average Bonchev–Trinajstić information content (AvgIpc) is 2.49. The highest BCUT2D eigenvalue weighted by molar-refractivity contribution is 9.10. The molecule has 2 rings (SSSR count). The van der Waals surface area contributed by atoms with Crippen LogP contribution in [0.25, 0.3) is 0 Å². The monoisotopic (exact) mass is 372 g/mol. The maximum Gasteiger partial charge on any atom is 0.323 e.